The summed E-state index contributed by atoms with van der Waals surface area (Å²) in [5, 5.41) is 12.3. The number of carbonyl (C=O) groups excluding carboxylic acids is 4. The molecule has 2 aromatic carbocycles. The fourth-order valence-electron chi connectivity index (χ4n) is 7.31. The number of unbranched alkanes of at least 4 members (excludes halogenated alkanes) is 6. The maximum Gasteiger partial charge on any atom is 0.243 e. The maximum atomic E-state index is 12.4. The molecule has 0 aliphatic carbocycles. The second-order valence-corrected chi connectivity index (χ2v) is 13.0. The maximum absolute atomic E-state index is 12.4. The number of anilines is 2. The molecule has 6 rings (SSSR count). The average Bonchev–Trinajstić information content (AvgIpc) is 3.65. The first-order valence-corrected chi connectivity index (χ1v) is 16.8. The molecule has 4 aliphatic rings. The van der Waals surface area contributed by atoms with Crippen LogP contribution in [-0.4, -0.2) is 58.6 Å². The van der Waals surface area contributed by atoms with Gasteiger partial charge in [-0.15, -0.1) is 0 Å². The first-order chi connectivity index (χ1) is 22.0. The largest absolute Gasteiger partial charge is 0.385 e. The molecular weight excluding hydrogens is 568 g/mol. The van der Waals surface area contributed by atoms with Gasteiger partial charge in [0.25, 0.3) is 0 Å². The first kappa shape index (κ1) is 31.2. The Labute approximate surface area is 265 Å². The predicted molar refractivity (Wildman–Crippen MR) is 173 cm³/mol. The summed E-state index contributed by atoms with van der Waals surface area (Å²) in [6, 6.07) is 12.3. The van der Waals surface area contributed by atoms with E-state index in [1.807, 2.05) is 0 Å². The van der Waals surface area contributed by atoms with Crippen molar-refractivity contribution >= 4 is 35.0 Å². The van der Waals surface area contributed by atoms with Gasteiger partial charge in [-0.1, -0.05) is 56.4 Å². The van der Waals surface area contributed by atoms with Gasteiger partial charge >= 0.3 is 0 Å². The molecule has 2 atom stereocenters. The number of fused-ring (bicyclic) bond motifs is 2. The van der Waals surface area contributed by atoms with Crippen molar-refractivity contribution in [1.82, 2.24) is 20.4 Å². The van der Waals surface area contributed by atoms with E-state index in [1.54, 1.807) is 0 Å². The van der Waals surface area contributed by atoms with Crippen molar-refractivity contribution in [1.29, 1.82) is 0 Å². The second-order valence-electron chi connectivity index (χ2n) is 13.0. The van der Waals surface area contributed by atoms with Crippen LogP contribution < -0.4 is 21.3 Å². The Hall–Kier alpha value is -3.76. The van der Waals surface area contributed by atoms with Crippen molar-refractivity contribution < 1.29 is 19.2 Å². The lowest BCUT2D eigenvalue weighted by atomic mass is 10.0. The number of rotatable bonds is 14. The minimum Gasteiger partial charge on any atom is -0.385 e. The summed E-state index contributed by atoms with van der Waals surface area (Å²) in [5.41, 5.74) is 7.44. The monoisotopic (exact) mass is 614 g/mol. The SMILES string of the molecule is O=C1CCC(N2Cc3cccc(NCCCCCCCCCNc4cccc5c4CN(C4CCC(=O)NC4=O)C5)c3C2)C(=O)N1. The van der Waals surface area contributed by atoms with Crippen molar-refractivity contribution in [3.05, 3.63) is 58.7 Å². The first-order valence-electron chi connectivity index (χ1n) is 16.8. The van der Waals surface area contributed by atoms with Gasteiger partial charge in [-0.25, -0.2) is 0 Å². The van der Waals surface area contributed by atoms with Crippen LogP contribution in [0.15, 0.2) is 36.4 Å². The standard InChI is InChI=1S/C35H46N6O4/c42-32-16-14-30(34(44)38-32)40-20-24-10-8-12-28(26(24)22-40)36-18-6-4-2-1-3-5-7-19-37-29-13-9-11-25-21-41(23-27(25)29)31-15-17-33(43)39-35(31)45/h8-13,30-31,36-37H,1-7,14-23H2,(H,38,42,44)(H,39,43,45). The predicted octanol–water partition coefficient (Wildman–Crippen LogP) is 4.18. The summed E-state index contributed by atoms with van der Waals surface area (Å²) in [4.78, 5) is 52.2. The molecular formula is C35H46N6O4. The van der Waals surface area contributed by atoms with Gasteiger partial charge in [0.15, 0.2) is 0 Å². The van der Waals surface area contributed by atoms with E-state index in [0.29, 0.717) is 25.7 Å². The zero-order chi connectivity index (χ0) is 31.2. The van der Waals surface area contributed by atoms with Crippen LogP contribution >= 0.6 is 0 Å². The normalized spacial score (nSPS) is 21.8. The van der Waals surface area contributed by atoms with E-state index >= 15 is 0 Å². The highest BCUT2D eigenvalue weighted by atomic mass is 16.2. The number of hydrogen-bond acceptors (Lipinski definition) is 8. The minimum atomic E-state index is -0.226. The van der Waals surface area contributed by atoms with Crippen molar-refractivity contribution in [2.75, 3.05) is 23.7 Å². The molecule has 0 radical (unpaired) electrons. The smallest absolute Gasteiger partial charge is 0.243 e. The van der Waals surface area contributed by atoms with Crippen molar-refractivity contribution in [3.8, 4) is 0 Å². The summed E-state index contributed by atoms with van der Waals surface area (Å²) >= 11 is 0. The van der Waals surface area contributed by atoms with Crippen LogP contribution in [0.3, 0.4) is 0 Å². The minimum absolute atomic E-state index is 0.163. The fraction of sp³-hybridized carbons (Fsp3) is 0.543. The van der Waals surface area contributed by atoms with Crippen LogP contribution in [-0.2, 0) is 45.4 Å². The van der Waals surface area contributed by atoms with Gasteiger partial charge < -0.3 is 10.6 Å². The molecule has 10 nitrogen and oxygen atoms in total. The van der Waals surface area contributed by atoms with E-state index in [-0.39, 0.29) is 35.7 Å². The van der Waals surface area contributed by atoms with Crippen LogP contribution in [0.2, 0.25) is 0 Å². The van der Waals surface area contributed by atoms with Crippen LogP contribution in [0, 0.1) is 0 Å². The van der Waals surface area contributed by atoms with Crippen LogP contribution in [0.4, 0.5) is 11.4 Å². The summed E-state index contributed by atoms with van der Waals surface area (Å²) in [7, 11) is 0. The zero-order valence-corrected chi connectivity index (χ0v) is 26.2. The van der Waals surface area contributed by atoms with E-state index in [4.69, 9.17) is 0 Å². The Balaban J connectivity index is 0.831. The van der Waals surface area contributed by atoms with Crippen LogP contribution in [0.5, 0.6) is 0 Å². The van der Waals surface area contributed by atoms with Crippen LogP contribution in [0.25, 0.3) is 0 Å². The zero-order valence-electron chi connectivity index (χ0n) is 26.2. The van der Waals surface area contributed by atoms with E-state index in [1.165, 1.54) is 65.7 Å². The Morgan fingerprint density at radius 1 is 0.578 bits per heavy atom. The molecule has 4 heterocycles. The Morgan fingerprint density at radius 2 is 1.00 bits per heavy atom. The third kappa shape index (κ3) is 7.56. The van der Waals surface area contributed by atoms with Crippen molar-refractivity contribution in [2.45, 2.75) is 109 Å². The lowest BCUT2D eigenvalue weighted by molar-refractivity contribution is -0.139. The fourth-order valence-corrected chi connectivity index (χ4v) is 7.31. The molecule has 240 valence electrons. The number of amides is 4. The van der Waals surface area contributed by atoms with E-state index < -0.39 is 0 Å². The lowest BCUT2D eigenvalue weighted by Crippen LogP contribution is -2.50. The van der Waals surface area contributed by atoms with Gasteiger partial charge in [0, 0.05) is 63.5 Å². The number of imide groups is 2. The molecule has 0 bridgehead atoms. The highest BCUT2D eigenvalue weighted by Gasteiger charge is 2.36. The molecule has 2 fully saturated rings. The molecule has 2 aromatic rings. The van der Waals surface area contributed by atoms with Gasteiger partial charge in [0.2, 0.25) is 23.6 Å². The molecule has 0 spiro atoms. The molecule has 2 unspecified atom stereocenters. The highest BCUT2D eigenvalue weighted by molar-refractivity contribution is 6.00. The van der Waals surface area contributed by atoms with E-state index in [0.717, 1.165) is 52.1 Å². The Bertz CT molecular complexity index is 1320. The molecule has 2 saturated heterocycles. The second kappa shape index (κ2) is 14.6. The van der Waals surface area contributed by atoms with Gasteiger partial charge in [0.1, 0.15) is 0 Å². The van der Waals surface area contributed by atoms with Gasteiger partial charge in [-0.05, 0) is 60.1 Å². The third-order valence-electron chi connectivity index (χ3n) is 9.80. The number of nitrogens with one attached hydrogen (secondary N) is 4. The summed E-state index contributed by atoms with van der Waals surface area (Å²) in [5.74, 6) is -0.657. The van der Waals surface area contributed by atoms with Crippen molar-refractivity contribution in [2.24, 2.45) is 0 Å². The van der Waals surface area contributed by atoms with Crippen LogP contribution in [0.1, 0.15) is 92.9 Å². The topological polar surface area (TPSA) is 123 Å². The summed E-state index contributed by atoms with van der Waals surface area (Å²) in [6.45, 7) is 4.88. The Morgan fingerprint density at radius 3 is 1.42 bits per heavy atom. The number of nitrogens with zero attached hydrogens (tertiary/aromatic N) is 2. The number of carbonyl (C=O) groups is 4. The molecule has 4 amide bonds. The summed E-state index contributed by atoms with van der Waals surface area (Å²) in [6.07, 6.45) is 10.5. The number of benzene rings is 2. The third-order valence-corrected chi connectivity index (χ3v) is 9.80. The number of hydrogen-bond donors (Lipinski definition) is 4. The van der Waals surface area contributed by atoms with E-state index in [2.05, 4.69) is 67.5 Å². The highest BCUT2D eigenvalue weighted by Crippen LogP contribution is 2.33. The van der Waals surface area contributed by atoms with E-state index in [9.17, 15) is 19.2 Å². The molecule has 0 saturated carbocycles. The summed E-state index contributed by atoms with van der Waals surface area (Å²) < 4.78 is 0. The van der Waals surface area contributed by atoms with Crippen molar-refractivity contribution in [3.63, 3.8) is 0 Å². The average molecular weight is 615 g/mol. The Kier molecular flexibility index (Phi) is 10.1. The quantitative estimate of drug-likeness (QED) is 0.185. The van der Waals surface area contributed by atoms with Gasteiger partial charge in [-0.3, -0.25) is 39.6 Å². The van der Waals surface area contributed by atoms with Gasteiger partial charge in [-0.2, -0.15) is 0 Å². The number of piperidine rings is 2. The molecule has 45 heavy (non-hydrogen) atoms. The molecule has 10 heteroatoms. The molecule has 4 N–H and O–H groups in total. The molecule has 0 aromatic heterocycles. The molecule has 4 aliphatic heterocycles. The lowest BCUT2D eigenvalue weighted by Gasteiger charge is -2.29. The van der Waals surface area contributed by atoms with Gasteiger partial charge in [0.05, 0.1) is 12.1 Å².